The summed E-state index contributed by atoms with van der Waals surface area (Å²) in [5.74, 6) is -1.37. The first kappa shape index (κ1) is 14.3. The third-order valence-electron chi connectivity index (χ3n) is 2.69. The van der Waals surface area contributed by atoms with Crippen molar-refractivity contribution in [1.82, 2.24) is 5.43 Å². The molecule has 0 saturated carbocycles. The SMILES string of the molecule is Nc1cccc(C(=O)N/N=C\c2ccc(C(=O)O)cc2)c1. The standard InChI is InChI=1S/C15H13N3O3/c16-13-3-1-2-12(8-13)14(19)18-17-9-10-4-6-11(7-5-10)15(20)21/h1-9H,16H2,(H,18,19)(H,20,21)/b17-9-. The molecule has 106 valence electrons. The number of carboxylic acids is 1. The number of carboxylic acid groups (broad SMARTS) is 1. The van der Waals surface area contributed by atoms with Gasteiger partial charge in [-0.3, -0.25) is 4.79 Å². The molecular weight excluding hydrogens is 270 g/mol. The van der Waals surface area contributed by atoms with E-state index in [0.717, 1.165) is 0 Å². The van der Waals surface area contributed by atoms with Gasteiger partial charge in [-0.15, -0.1) is 0 Å². The summed E-state index contributed by atoms with van der Waals surface area (Å²) in [5.41, 5.74) is 9.73. The Bertz CT molecular complexity index is 694. The van der Waals surface area contributed by atoms with Crippen molar-refractivity contribution in [2.24, 2.45) is 5.10 Å². The molecule has 0 radical (unpaired) electrons. The number of nitrogens with two attached hydrogens (primary N) is 1. The highest BCUT2D eigenvalue weighted by Crippen LogP contribution is 2.06. The van der Waals surface area contributed by atoms with Crippen LogP contribution in [0.25, 0.3) is 0 Å². The third kappa shape index (κ3) is 3.90. The fraction of sp³-hybridized carbons (Fsp3) is 0. The molecule has 0 aliphatic carbocycles. The van der Waals surface area contributed by atoms with E-state index in [0.29, 0.717) is 16.8 Å². The summed E-state index contributed by atoms with van der Waals surface area (Å²) in [6, 6.07) is 12.7. The van der Waals surface area contributed by atoms with Gasteiger partial charge in [0.05, 0.1) is 11.8 Å². The Morgan fingerprint density at radius 2 is 1.81 bits per heavy atom. The lowest BCUT2D eigenvalue weighted by molar-refractivity contribution is 0.0696. The number of anilines is 1. The maximum absolute atomic E-state index is 11.8. The Morgan fingerprint density at radius 3 is 2.43 bits per heavy atom. The second-order valence-electron chi connectivity index (χ2n) is 4.25. The van der Waals surface area contributed by atoms with E-state index in [1.54, 1.807) is 36.4 Å². The van der Waals surface area contributed by atoms with Gasteiger partial charge in [-0.05, 0) is 35.9 Å². The van der Waals surface area contributed by atoms with Gasteiger partial charge in [0.2, 0.25) is 0 Å². The maximum atomic E-state index is 11.8. The van der Waals surface area contributed by atoms with Crippen LogP contribution in [-0.2, 0) is 0 Å². The van der Waals surface area contributed by atoms with Crippen molar-refractivity contribution in [2.45, 2.75) is 0 Å². The summed E-state index contributed by atoms with van der Waals surface area (Å²) in [6.07, 6.45) is 1.43. The molecule has 0 heterocycles. The summed E-state index contributed by atoms with van der Waals surface area (Å²) in [5, 5.41) is 12.6. The summed E-state index contributed by atoms with van der Waals surface area (Å²) in [7, 11) is 0. The second kappa shape index (κ2) is 6.33. The van der Waals surface area contributed by atoms with E-state index >= 15 is 0 Å². The minimum absolute atomic E-state index is 0.191. The van der Waals surface area contributed by atoms with Gasteiger partial charge in [-0.25, -0.2) is 10.2 Å². The van der Waals surface area contributed by atoms with Crippen molar-refractivity contribution in [3.8, 4) is 0 Å². The fourth-order valence-corrected chi connectivity index (χ4v) is 1.62. The van der Waals surface area contributed by atoms with E-state index in [2.05, 4.69) is 10.5 Å². The number of hydrogen-bond donors (Lipinski definition) is 3. The quantitative estimate of drug-likeness (QED) is 0.451. The third-order valence-corrected chi connectivity index (χ3v) is 2.69. The van der Waals surface area contributed by atoms with Crippen molar-refractivity contribution in [1.29, 1.82) is 0 Å². The normalized spacial score (nSPS) is 10.5. The topological polar surface area (TPSA) is 105 Å². The van der Waals surface area contributed by atoms with Gasteiger partial charge in [0, 0.05) is 11.3 Å². The molecule has 0 aliphatic rings. The van der Waals surface area contributed by atoms with Crippen LogP contribution in [0.2, 0.25) is 0 Å². The number of hydrogen-bond acceptors (Lipinski definition) is 4. The van der Waals surface area contributed by atoms with Crippen molar-refractivity contribution in [3.05, 3.63) is 65.2 Å². The Kier molecular flexibility index (Phi) is 4.30. The molecule has 0 saturated heterocycles. The van der Waals surface area contributed by atoms with Crippen LogP contribution in [-0.4, -0.2) is 23.2 Å². The summed E-state index contributed by atoms with van der Waals surface area (Å²) >= 11 is 0. The Hall–Kier alpha value is -3.15. The van der Waals surface area contributed by atoms with E-state index in [4.69, 9.17) is 10.8 Å². The van der Waals surface area contributed by atoms with Gasteiger partial charge in [-0.2, -0.15) is 5.10 Å². The zero-order valence-electron chi connectivity index (χ0n) is 11.0. The van der Waals surface area contributed by atoms with Crippen LogP contribution < -0.4 is 11.2 Å². The number of nitrogens with one attached hydrogen (secondary N) is 1. The number of benzene rings is 2. The first-order valence-corrected chi connectivity index (χ1v) is 6.08. The monoisotopic (exact) mass is 283 g/mol. The molecule has 6 heteroatoms. The Morgan fingerprint density at radius 1 is 1.10 bits per heavy atom. The minimum Gasteiger partial charge on any atom is -0.478 e. The first-order chi connectivity index (χ1) is 10.1. The molecule has 0 fully saturated rings. The van der Waals surface area contributed by atoms with E-state index in [1.807, 2.05) is 0 Å². The molecule has 2 aromatic rings. The molecular formula is C15H13N3O3. The van der Waals surface area contributed by atoms with Gasteiger partial charge < -0.3 is 10.8 Å². The van der Waals surface area contributed by atoms with Crippen LogP contribution in [0, 0.1) is 0 Å². The highest BCUT2D eigenvalue weighted by atomic mass is 16.4. The lowest BCUT2D eigenvalue weighted by Gasteiger charge is -2.01. The summed E-state index contributed by atoms with van der Waals surface area (Å²) < 4.78 is 0. The number of aromatic carboxylic acids is 1. The van der Waals surface area contributed by atoms with E-state index in [9.17, 15) is 9.59 Å². The molecule has 1 amide bonds. The highest BCUT2D eigenvalue weighted by Gasteiger charge is 2.04. The maximum Gasteiger partial charge on any atom is 0.335 e. The number of nitrogen functional groups attached to an aromatic ring is 1. The van der Waals surface area contributed by atoms with Gasteiger partial charge in [0.1, 0.15) is 0 Å². The molecule has 0 spiro atoms. The minimum atomic E-state index is -0.992. The second-order valence-corrected chi connectivity index (χ2v) is 4.25. The fourth-order valence-electron chi connectivity index (χ4n) is 1.62. The average Bonchev–Trinajstić information content (AvgIpc) is 2.47. The Labute approximate surface area is 120 Å². The smallest absolute Gasteiger partial charge is 0.335 e. The lowest BCUT2D eigenvalue weighted by atomic mass is 10.1. The predicted octanol–water partition coefficient (Wildman–Crippen LogP) is 1.73. The molecule has 0 aliphatic heterocycles. The number of carbonyl (C=O) groups is 2. The van der Waals surface area contributed by atoms with Gasteiger partial charge >= 0.3 is 5.97 Å². The largest absolute Gasteiger partial charge is 0.478 e. The molecule has 21 heavy (non-hydrogen) atoms. The molecule has 0 bridgehead atoms. The first-order valence-electron chi connectivity index (χ1n) is 6.08. The number of carbonyl (C=O) groups excluding carboxylic acids is 1. The van der Waals surface area contributed by atoms with Crippen LogP contribution in [0.3, 0.4) is 0 Å². The van der Waals surface area contributed by atoms with Crippen LogP contribution in [0.15, 0.2) is 53.6 Å². The molecule has 2 rings (SSSR count). The molecule has 0 atom stereocenters. The molecule has 6 nitrogen and oxygen atoms in total. The summed E-state index contributed by atoms with van der Waals surface area (Å²) in [6.45, 7) is 0. The van der Waals surface area contributed by atoms with Crippen molar-refractivity contribution >= 4 is 23.8 Å². The average molecular weight is 283 g/mol. The van der Waals surface area contributed by atoms with E-state index < -0.39 is 5.97 Å². The van der Waals surface area contributed by atoms with Gasteiger partial charge in [0.25, 0.3) is 5.91 Å². The Balaban J connectivity index is 1.99. The zero-order chi connectivity index (χ0) is 15.2. The zero-order valence-corrected chi connectivity index (χ0v) is 11.0. The van der Waals surface area contributed by atoms with Gasteiger partial charge in [-0.1, -0.05) is 18.2 Å². The van der Waals surface area contributed by atoms with E-state index in [-0.39, 0.29) is 11.5 Å². The van der Waals surface area contributed by atoms with Crippen molar-refractivity contribution in [3.63, 3.8) is 0 Å². The number of amides is 1. The van der Waals surface area contributed by atoms with E-state index in [1.165, 1.54) is 18.3 Å². The molecule has 0 unspecified atom stereocenters. The lowest BCUT2D eigenvalue weighted by Crippen LogP contribution is -2.17. The van der Waals surface area contributed by atoms with Crippen molar-refractivity contribution in [2.75, 3.05) is 5.73 Å². The van der Waals surface area contributed by atoms with Crippen LogP contribution in [0.4, 0.5) is 5.69 Å². The number of rotatable bonds is 4. The van der Waals surface area contributed by atoms with Crippen LogP contribution in [0.1, 0.15) is 26.3 Å². The number of hydrazone groups is 1. The van der Waals surface area contributed by atoms with Crippen LogP contribution >= 0.6 is 0 Å². The van der Waals surface area contributed by atoms with Crippen LogP contribution in [0.5, 0.6) is 0 Å². The number of nitrogens with zero attached hydrogens (tertiary/aromatic N) is 1. The highest BCUT2D eigenvalue weighted by molar-refractivity contribution is 5.95. The molecule has 0 aromatic heterocycles. The predicted molar refractivity (Wildman–Crippen MR) is 79.3 cm³/mol. The molecule has 4 N–H and O–H groups in total. The molecule has 2 aromatic carbocycles. The van der Waals surface area contributed by atoms with Gasteiger partial charge in [0.15, 0.2) is 0 Å². The summed E-state index contributed by atoms with van der Waals surface area (Å²) in [4.78, 5) is 22.5. The van der Waals surface area contributed by atoms with Crippen molar-refractivity contribution < 1.29 is 14.7 Å².